The molecular formula is C27H29NO4. The van der Waals surface area contributed by atoms with Crippen LogP contribution < -0.4 is 4.74 Å². The number of fused-ring (bicyclic) bond motifs is 2. The van der Waals surface area contributed by atoms with E-state index >= 15 is 0 Å². The summed E-state index contributed by atoms with van der Waals surface area (Å²) in [4.78, 5) is 30.1. The number of rotatable bonds is 6. The first kappa shape index (κ1) is 22.0. The Morgan fingerprint density at radius 3 is 2.44 bits per heavy atom. The van der Waals surface area contributed by atoms with Gasteiger partial charge in [-0.25, -0.2) is 4.79 Å². The molecule has 5 nitrogen and oxygen atoms in total. The summed E-state index contributed by atoms with van der Waals surface area (Å²) >= 11 is 0. The summed E-state index contributed by atoms with van der Waals surface area (Å²) in [5.74, 6) is -0.418. The number of carboxylic acids is 1. The Morgan fingerprint density at radius 2 is 1.78 bits per heavy atom. The van der Waals surface area contributed by atoms with Gasteiger partial charge in [-0.2, -0.15) is 0 Å². The van der Waals surface area contributed by atoms with Crippen molar-refractivity contribution >= 4 is 23.0 Å². The Kier molecular flexibility index (Phi) is 6.00. The zero-order valence-electron chi connectivity index (χ0n) is 18.9. The minimum atomic E-state index is -1.04. The molecule has 4 rings (SSSR count). The second-order valence-corrected chi connectivity index (χ2v) is 9.29. The van der Waals surface area contributed by atoms with Gasteiger partial charge in [-0.15, -0.1) is 0 Å². The molecule has 1 N–H and O–H groups in total. The quantitative estimate of drug-likeness (QED) is 0.689. The maximum atomic E-state index is 13.5. The number of aliphatic carboxylic acids is 1. The third kappa shape index (κ3) is 4.38. The first-order chi connectivity index (χ1) is 15.3. The molecule has 2 aliphatic carbocycles. The Labute approximate surface area is 188 Å². The number of benzene rings is 2. The fourth-order valence-corrected chi connectivity index (χ4v) is 4.60. The molecule has 0 aliphatic heterocycles. The molecule has 166 valence electrons. The summed E-state index contributed by atoms with van der Waals surface area (Å²) < 4.78 is 5.46. The number of nitrogens with zero attached hydrogens (tertiary/aromatic N) is 1. The summed E-state index contributed by atoms with van der Waals surface area (Å²) in [6.07, 6.45) is 2.68. The molecule has 0 heterocycles. The summed E-state index contributed by atoms with van der Waals surface area (Å²) in [6, 6.07) is 14.1. The van der Waals surface area contributed by atoms with Crippen molar-refractivity contribution in [3.8, 4) is 5.75 Å². The lowest BCUT2D eigenvalue weighted by Crippen LogP contribution is -2.32. The van der Waals surface area contributed by atoms with Crippen LogP contribution in [0.1, 0.15) is 56.7 Å². The molecule has 0 fully saturated rings. The van der Waals surface area contributed by atoms with Gasteiger partial charge in [0.1, 0.15) is 11.5 Å². The maximum Gasteiger partial charge on any atom is 0.328 e. The molecule has 0 saturated carbocycles. The molecule has 0 amide bonds. The molecule has 5 heteroatoms. The summed E-state index contributed by atoms with van der Waals surface area (Å²) in [5, 5.41) is 9.88. The van der Waals surface area contributed by atoms with Crippen molar-refractivity contribution in [2.75, 3.05) is 6.61 Å². The molecule has 1 atom stereocenters. The van der Waals surface area contributed by atoms with Crippen LogP contribution in [0.15, 0.2) is 59.1 Å². The average Bonchev–Trinajstić information content (AvgIpc) is 2.76. The third-order valence-electron chi connectivity index (χ3n) is 6.30. The molecule has 0 bridgehead atoms. The highest BCUT2D eigenvalue weighted by Crippen LogP contribution is 2.46. The lowest BCUT2D eigenvalue weighted by Gasteiger charge is -2.36. The first-order valence-corrected chi connectivity index (χ1v) is 11.2. The number of aliphatic imine (C=N–C) groups is 1. The predicted octanol–water partition coefficient (Wildman–Crippen LogP) is 5.12. The van der Waals surface area contributed by atoms with Gasteiger partial charge in [0.15, 0.2) is 6.04 Å². The van der Waals surface area contributed by atoms with Gasteiger partial charge >= 0.3 is 5.97 Å². The lowest BCUT2D eigenvalue weighted by atomic mass is 9.68. The van der Waals surface area contributed by atoms with Gasteiger partial charge in [0.25, 0.3) is 0 Å². The molecule has 0 unspecified atom stereocenters. The van der Waals surface area contributed by atoms with Gasteiger partial charge in [-0.1, -0.05) is 50.2 Å². The van der Waals surface area contributed by atoms with Crippen LogP contribution in [0.5, 0.6) is 5.75 Å². The van der Waals surface area contributed by atoms with E-state index in [1.807, 2.05) is 55.5 Å². The van der Waals surface area contributed by atoms with E-state index in [2.05, 4.69) is 18.8 Å². The number of hydrogen-bond acceptors (Lipinski definition) is 4. The van der Waals surface area contributed by atoms with E-state index in [9.17, 15) is 14.7 Å². The first-order valence-electron chi connectivity index (χ1n) is 11.2. The normalized spacial score (nSPS) is 19.3. The molecule has 0 aromatic heterocycles. The minimum Gasteiger partial charge on any atom is -0.494 e. The summed E-state index contributed by atoms with van der Waals surface area (Å²) in [6.45, 7) is 6.94. The van der Waals surface area contributed by atoms with Crippen LogP contribution >= 0.6 is 0 Å². The Morgan fingerprint density at radius 1 is 1.09 bits per heavy atom. The van der Waals surface area contributed by atoms with Crippen molar-refractivity contribution in [1.29, 1.82) is 0 Å². The number of carboxylic acid groups (broad SMARTS) is 1. The van der Waals surface area contributed by atoms with E-state index in [0.717, 1.165) is 46.4 Å². The number of Topliss-reactive ketones (excluding diaryl/α,β-unsaturated/α-hetero) is 1. The van der Waals surface area contributed by atoms with Crippen molar-refractivity contribution in [1.82, 2.24) is 0 Å². The van der Waals surface area contributed by atoms with Crippen molar-refractivity contribution < 1.29 is 19.4 Å². The lowest BCUT2D eigenvalue weighted by molar-refractivity contribution is -0.138. The second-order valence-electron chi connectivity index (χ2n) is 9.29. The minimum absolute atomic E-state index is 0.118. The van der Waals surface area contributed by atoms with Gasteiger partial charge in [0, 0.05) is 17.6 Å². The van der Waals surface area contributed by atoms with Crippen molar-refractivity contribution in [3.05, 3.63) is 70.8 Å². The Bertz CT molecular complexity index is 1110. The van der Waals surface area contributed by atoms with Crippen molar-refractivity contribution in [2.45, 2.75) is 52.5 Å². The van der Waals surface area contributed by atoms with Gasteiger partial charge in [-0.05, 0) is 60.4 Å². The van der Waals surface area contributed by atoms with E-state index in [4.69, 9.17) is 4.74 Å². The summed E-state index contributed by atoms with van der Waals surface area (Å²) in [7, 11) is 0. The fraction of sp³-hybridized carbons (Fsp3) is 0.370. The van der Waals surface area contributed by atoms with Gasteiger partial charge in [0.2, 0.25) is 5.78 Å². The SMILES string of the molecule is CCOc1ccc(C[C@H](N=C2C(=O)C3=C(CC(C)(C)CC3)c3ccccc32)C(=O)O)cc1. The molecule has 2 aromatic rings. The molecule has 0 saturated heterocycles. The summed E-state index contributed by atoms with van der Waals surface area (Å²) in [5.41, 5.74) is 4.90. The second kappa shape index (κ2) is 8.73. The zero-order valence-corrected chi connectivity index (χ0v) is 18.9. The Hall–Kier alpha value is -3.21. The van der Waals surface area contributed by atoms with E-state index < -0.39 is 12.0 Å². The van der Waals surface area contributed by atoms with Crippen LogP contribution in [0.2, 0.25) is 0 Å². The highest BCUT2D eigenvalue weighted by atomic mass is 16.5. The number of allylic oxidation sites excluding steroid dienone is 2. The van der Waals surface area contributed by atoms with E-state index in [1.54, 1.807) is 0 Å². The highest BCUT2D eigenvalue weighted by Gasteiger charge is 2.37. The van der Waals surface area contributed by atoms with Crippen molar-refractivity contribution in [3.63, 3.8) is 0 Å². The van der Waals surface area contributed by atoms with Crippen LogP contribution in [0, 0.1) is 5.41 Å². The van der Waals surface area contributed by atoms with Gasteiger partial charge in [0.05, 0.1) is 6.61 Å². The van der Waals surface area contributed by atoms with E-state index in [1.165, 1.54) is 0 Å². The van der Waals surface area contributed by atoms with Gasteiger partial charge in [-0.3, -0.25) is 9.79 Å². The molecule has 0 spiro atoms. The van der Waals surface area contributed by atoms with Crippen LogP contribution in [-0.2, 0) is 16.0 Å². The zero-order chi connectivity index (χ0) is 22.9. The number of ketones is 1. The fourth-order valence-electron chi connectivity index (χ4n) is 4.60. The largest absolute Gasteiger partial charge is 0.494 e. The van der Waals surface area contributed by atoms with Crippen molar-refractivity contribution in [2.24, 2.45) is 10.4 Å². The monoisotopic (exact) mass is 431 g/mol. The average molecular weight is 432 g/mol. The number of carbonyl (C=O) groups excluding carboxylic acids is 1. The van der Waals surface area contributed by atoms with E-state index in [-0.39, 0.29) is 23.3 Å². The molecule has 0 radical (unpaired) electrons. The highest BCUT2D eigenvalue weighted by molar-refractivity contribution is 6.54. The molecule has 32 heavy (non-hydrogen) atoms. The third-order valence-corrected chi connectivity index (χ3v) is 6.30. The van der Waals surface area contributed by atoms with Crippen LogP contribution in [0.3, 0.4) is 0 Å². The molecule has 2 aliphatic rings. The maximum absolute atomic E-state index is 13.5. The molecule has 2 aromatic carbocycles. The van der Waals surface area contributed by atoms with Crippen LogP contribution in [-0.4, -0.2) is 35.2 Å². The number of hydrogen-bond donors (Lipinski definition) is 1. The number of carbonyl (C=O) groups is 2. The predicted molar refractivity (Wildman–Crippen MR) is 125 cm³/mol. The van der Waals surface area contributed by atoms with Gasteiger partial charge < -0.3 is 9.84 Å². The smallest absolute Gasteiger partial charge is 0.328 e. The van der Waals surface area contributed by atoms with Crippen LogP contribution in [0.25, 0.3) is 5.57 Å². The standard InChI is InChI=1S/C27H29NO4/c1-4-32-18-11-9-17(10-12-18)15-23(26(30)31)28-24-20-8-6-5-7-19(20)22-16-27(2,3)14-13-21(22)25(24)29/h5-12,23H,4,13-16H2,1-3H3,(H,30,31)/t23-/m0/s1. The number of ether oxygens (including phenoxy) is 1. The van der Waals surface area contributed by atoms with E-state index in [0.29, 0.717) is 13.0 Å². The molecular weight excluding hydrogens is 402 g/mol. The van der Waals surface area contributed by atoms with Crippen LogP contribution in [0.4, 0.5) is 0 Å². The Balaban J connectivity index is 1.71. The topological polar surface area (TPSA) is 76.0 Å².